The van der Waals surface area contributed by atoms with E-state index in [-0.39, 0.29) is 17.5 Å². The van der Waals surface area contributed by atoms with Crippen molar-refractivity contribution in [2.45, 2.75) is 18.9 Å². The fraction of sp³-hybridized carbons (Fsp3) is 0.250. The second-order valence-electron chi connectivity index (χ2n) is 4.54. The summed E-state index contributed by atoms with van der Waals surface area (Å²) in [5, 5.41) is 10.8. The van der Waals surface area contributed by atoms with Crippen LogP contribution in [0.4, 0.5) is 8.78 Å². The van der Waals surface area contributed by atoms with Gasteiger partial charge in [0.2, 0.25) is 0 Å². The van der Waals surface area contributed by atoms with Gasteiger partial charge in [-0.2, -0.15) is 0 Å². The molecule has 0 heterocycles. The van der Waals surface area contributed by atoms with E-state index in [1.165, 1.54) is 37.4 Å². The molecular weight excluding hydrogens is 262 g/mol. The third-order valence-corrected chi connectivity index (χ3v) is 3.45. The Hall–Kier alpha value is -1.94. The standard InChI is InChI=1S/C16H16F2O2/c1-3-16(19,12-6-4-5-7-14(12)17)13-9-8-11(20-2)10-15(13)18/h4-10,19H,3H2,1-2H3. The molecule has 0 saturated carbocycles. The summed E-state index contributed by atoms with van der Waals surface area (Å²) in [5.41, 5.74) is -1.61. The molecule has 1 unspecified atom stereocenters. The monoisotopic (exact) mass is 278 g/mol. The molecular formula is C16H16F2O2. The van der Waals surface area contributed by atoms with Crippen LogP contribution in [0, 0.1) is 11.6 Å². The average molecular weight is 278 g/mol. The van der Waals surface area contributed by atoms with Gasteiger partial charge in [0.15, 0.2) is 0 Å². The van der Waals surface area contributed by atoms with Crippen LogP contribution in [0.1, 0.15) is 24.5 Å². The summed E-state index contributed by atoms with van der Waals surface area (Å²) in [6.07, 6.45) is 0.150. The van der Waals surface area contributed by atoms with Gasteiger partial charge in [-0.25, -0.2) is 8.78 Å². The molecule has 0 aliphatic heterocycles. The summed E-state index contributed by atoms with van der Waals surface area (Å²) in [4.78, 5) is 0. The Morgan fingerprint density at radius 2 is 1.70 bits per heavy atom. The molecule has 0 spiro atoms. The van der Waals surface area contributed by atoms with Crippen molar-refractivity contribution in [3.05, 3.63) is 65.2 Å². The van der Waals surface area contributed by atoms with Crippen molar-refractivity contribution in [3.8, 4) is 5.75 Å². The van der Waals surface area contributed by atoms with Crippen LogP contribution in [-0.2, 0) is 5.60 Å². The number of ether oxygens (including phenoxy) is 1. The Morgan fingerprint density at radius 1 is 1.05 bits per heavy atom. The lowest BCUT2D eigenvalue weighted by Gasteiger charge is -2.29. The molecule has 0 aromatic heterocycles. The minimum Gasteiger partial charge on any atom is -0.497 e. The Bertz CT molecular complexity index is 613. The zero-order chi connectivity index (χ0) is 14.8. The minimum absolute atomic E-state index is 0.0332. The molecule has 106 valence electrons. The van der Waals surface area contributed by atoms with E-state index in [1.54, 1.807) is 19.1 Å². The third kappa shape index (κ3) is 2.39. The fourth-order valence-electron chi connectivity index (χ4n) is 2.28. The number of hydrogen-bond donors (Lipinski definition) is 1. The predicted molar refractivity (Wildman–Crippen MR) is 72.6 cm³/mol. The van der Waals surface area contributed by atoms with Crippen LogP contribution >= 0.6 is 0 Å². The van der Waals surface area contributed by atoms with Crippen LogP contribution in [-0.4, -0.2) is 12.2 Å². The Balaban J connectivity index is 2.59. The van der Waals surface area contributed by atoms with Crippen molar-refractivity contribution < 1.29 is 18.6 Å². The molecule has 0 fully saturated rings. The van der Waals surface area contributed by atoms with Gasteiger partial charge in [0.05, 0.1) is 7.11 Å². The molecule has 0 saturated heterocycles. The summed E-state index contributed by atoms with van der Waals surface area (Å²) in [7, 11) is 1.43. The maximum Gasteiger partial charge on any atom is 0.133 e. The lowest BCUT2D eigenvalue weighted by molar-refractivity contribution is 0.0686. The van der Waals surface area contributed by atoms with Gasteiger partial charge < -0.3 is 9.84 Å². The SMILES string of the molecule is CCC(O)(c1ccccc1F)c1ccc(OC)cc1F. The van der Waals surface area contributed by atoms with Crippen molar-refractivity contribution in [2.75, 3.05) is 7.11 Å². The van der Waals surface area contributed by atoms with E-state index in [9.17, 15) is 13.9 Å². The van der Waals surface area contributed by atoms with Crippen LogP contribution in [0.25, 0.3) is 0 Å². The second kappa shape index (κ2) is 5.59. The summed E-state index contributed by atoms with van der Waals surface area (Å²) in [6.45, 7) is 1.68. The van der Waals surface area contributed by atoms with Crippen LogP contribution in [0.3, 0.4) is 0 Å². The van der Waals surface area contributed by atoms with Crippen LogP contribution < -0.4 is 4.74 Å². The third-order valence-electron chi connectivity index (χ3n) is 3.45. The van der Waals surface area contributed by atoms with Gasteiger partial charge in [-0.3, -0.25) is 0 Å². The van der Waals surface area contributed by atoms with Crippen molar-refractivity contribution >= 4 is 0 Å². The van der Waals surface area contributed by atoms with E-state index in [2.05, 4.69) is 0 Å². The summed E-state index contributed by atoms with van der Waals surface area (Å²) < 4.78 is 33.0. The molecule has 0 aliphatic rings. The zero-order valence-corrected chi connectivity index (χ0v) is 11.4. The first-order valence-electron chi connectivity index (χ1n) is 6.34. The average Bonchev–Trinajstić information content (AvgIpc) is 2.46. The van der Waals surface area contributed by atoms with Gasteiger partial charge in [0, 0.05) is 17.2 Å². The summed E-state index contributed by atoms with van der Waals surface area (Å²) in [5.74, 6) is -0.845. The van der Waals surface area contributed by atoms with Gasteiger partial charge in [0.25, 0.3) is 0 Å². The van der Waals surface area contributed by atoms with Gasteiger partial charge in [-0.1, -0.05) is 25.1 Å². The van der Waals surface area contributed by atoms with Crippen LogP contribution in [0.5, 0.6) is 5.75 Å². The Labute approximate surface area is 116 Å². The van der Waals surface area contributed by atoms with Crippen molar-refractivity contribution in [1.29, 1.82) is 0 Å². The maximum atomic E-state index is 14.2. The highest BCUT2D eigenvalue weighted by atomic mass is 19.1. The molecule has 1 N–H and O–H groups in total. The molecule has 0 aliphatic carbocycles. The lowest BCUT2D eigenvalue weighted by atomic mass is 9.83. The Morgan fingerprint density at radius 3 is 2.25 bits per heavy atom. The molecule has 2 rings (SSSR count). The molecule has 4 heteroatoms. The number of hydrogen-bond acceptors (Lipinski definition) is 2. The molecule has 20 heavy (non-hydrogen) atoms. The number of methoxy groups -OCH3 is 1. The highest BCUT2D eigenvalue weighted by molar-refractivity contribution is 5.40. The highest BCUT2D eigenvalue weighted by Crippen LogP contribution is 2.36. The van der Waals surface area contributed by atoms with Gasteiger partial charge >= 0.3 is 0 Å². The van der Waals surface area contributed by atoms with Gasteiger partial charge in [-0.05, 0) is 24.6 Å². The maximum absolute atomic E-state index is 14.2. The largest absolute Gasteiger partial charge is 0.497 e. The summed E-state index contributed by atoms with van der Waals surface area (Å²) in [6, 6.07) is 9.99. The fourth-order valence-corrected chi connectivity index (χ4v) is 2.28. The smallest absolute Gasteiger partial charge is 0.133 e. The number of halogens is 2. The Kier molecular flexibility index (Phi) is 4.04. The quantitative estimate of drug-likeness (QED) is 0.925. The minimum atomic E-state index is -1.71. The van der Waals surface area contributed by atoms with E-state index in [1.807, 2.05) is 0 Å². The molecule has 0 amide bonds. The van der Waals surface area contributed by atoms with E-state index in [0.717, 1.165) is 0 Å². The van der Waals surface area contributed by atoms with E-state index < -0.39 is 17.2 Å². The molecule has 2 nitrogen and oxygen atoms in total. The first-order chi connectivity index (χ1) is 9.52. The van der Waals surface area contributed by atoms with E-state index in [0.29, 0.717) is 5.75 Å². The molecule has 1 atom stereocenters. The van der Waals surface area contributed by atoms with Crippen LogP contribution in [0.2, 0.25) is 0 Å². The normalized spacial score (nSPS) is 13.8. The van der Waals surface area contributed by atoms with Crippen molar-refractivity contribution in [3.63, 3.8) is 0 Å². The molecule has 0 radical (unpaired) electrons. The molecule has 2 aromatic carbocycles. The first kappa shape index (κ1) is 14.5. The number of benzene rings is 2. The molecule has 2 aromatic rings. The van der Waals surface area contributed by atoms with E-state index >= 15 is 0 Å². The lowest BCUT2D eigenvalue weighted by Crippen LogP contribution is -2.28. The zero-order valence-electron chi connectivity index (χ0n) is 11.4. The van der Waals surface area contributed by atoms with Gasteiger partial charge in [0.1, 0.15) is 23.0 Å². The van der Waals surface area contributed by atoms with Crippen molar-refractivity contribution in [2.24, 2.45) is 0 Å². The number of aliphatic hydroxyl groups is 1. The first-order valence-corrected chi connectivity index (χ1v) is 6.34. The molecule has 0 bridgehead atoms. The second-order valence-corrected chi connectivity index (χ2v) is 4.54. The topological polar surface area (TPSA) is 29.5 Å². The van der Waals surface area contributed by atoms with Crippen molar-refractivity contribution in [1.82, 2.24) is 0 Å². The predicted octanol–water partition coefficient (Wildman–Crippen LogP) is 3.62. The van der Waals surface area contributed by atoms with E-state index in [4.69, 9.17) is 4.74 Å². The van der Waals surface area contributed by atoms with Gasteiger partial charge in [-0.15, -0.1) is 0 Å². The summed E-state index contributed by atoms with van der Waals surface area (Å²) >= 11 is 0. The highest BCUT2D eigenvalue weighted by Gasteiger charge is 2.34. The number of rotatable bonds is 4. The van der Waals surface area contributed by atoms with Crippen LogP contribution in [0.15, 0.2) is 42.5 Å².